The molecule has 1 saturated heterocycles. The number of nitrogens with zero attached hydrogens (tertiary/aromatic N) is 1. The Bertz CT molecular complexity index is 749. The topological polar surface area (TPSA) is 78.5 Å². The molecule has 1 heterocycles. The molecule has 2 aliphatic rings. The maximum Gasteiger partial charge on any atom is 0.325 e. The minimum Gasteiger partial charge on any atom is -0.348 e. The summed E-state index contributed by atoms with van der Waals surface area (Å²) in [5.41, 5.74) is 1.48. The monoisotopic (exact) mass is 399 g/mol. The predicted molar refractivity (Wildman–Crippen MR) is 112 cm³/mol. The molecule has 3 rings (SSSR count). The van der Waals surface area contributed by atoms with Gasteiger partial charge in [0.05, 0.1) is 6.04 Å². The first kappa shape index (κ1) is 21.3. The molecule has 1 aromatic carbocycles. The van der Waals surface area contributed by atoms with Crippen molar-refractivity contribution in [1.82, 2.24) is 15.5 Å². The number of hydrogen-bond donors (Lipinski definition) is 2. The Balaban J connectivity index is 1.58. The van der Waals surface area contributed by atoms with E-state index in [0.717, 1.165) is 42.6 Å². The normalized spacial score (nSPS) is 19.9. The van der Waals surface area contributed by atoms with E-state index in [1.165, 1.54) is 5.56 Å². The first-order valence-electron chi connectivity index (χ1n) is 10.8. The van der Waals surface area contributed by atoms with Gasteiger partial charge in [-0.2, -0.15) is 0 Å². The Morgan fingerprint density at radius 1 is 1.07 bits per heavy atom. The smallest absolute Gasteiger partial charge is 0.325 e. The van der Waals surface area contributed by atoms with Crippen molar-refractivity contribution in [2.45, 2.75) is 77.3 Å². The van der Waals surface area contributed by atoms with Gasteiger partial charge in [0.1, 0.15) is 12.1 Å². The first-order chi connectivity index (χ1) is 13.8. The largest absolute Gasteiger partial charge is 0.348 e. The predicted octanol–water partition coefficient (Wildman–Crippen LogP) is 3.71. The lowest BCUT2D eigenvalue weighted by Gasteiger charge is -2.24. The quantitative estimate of drug-likeness (QED) is 0.716. The molecule has 1 saturated carbocycles. The fourth-order valence-corrected chi connectivity index (χ4v) is 4.42. The number of amides is 4. The molecule has 1 aromatic rings. The van der Waals surface area contributed by atoms with Gasteiger partial charge in [-0.05, 0) is 43.2 Å². The minimum absolute atomic E-state index is 0.191. The standard InChI is InChI=1S/C23H33N3O3/c1-16(2)14-18-8-10-19(11-9-18)17(3)24-20(27)15-26-21(28)23(25-22(26)29)12-6-4-5-7-13-23/h8-11,16-17H,4-7,12-15H2,1-3H3,(H,24,27)(H,25,29)/t17-/m1/s1. The molecule has 6 nitrogen and oxygen atoms in total. The molecule has 158 valence electrons. The van der Waals surface area contributed by atoms with Crippen LogP contribution in [0.2, 0.25) is 0 Å². The molecule has 6 heteroatoms. The highest BCUT2D eigenvalue weighted by Gasteiger charge is 2.51. The second-order valence-corrected chi connectivity index (χ2v) is 8.95. The lowest BCUT2D eigenvalue weighted by Crippen LogP contribution is -2.47. The summed E-state index contributed by atoms with van der Waals surface area (Å²) >= 11 is 0. The summed E-state index contributed by atoms with van der Waals surface area (Å²) < 4.78 is 0. The van der Waals surface area contributed by atoms with Crippen molar-refractivity contribution in [3.05, 3.63) is 35.4 Å². The van der Waals surface area contributed by atoms with Crippen LogP contribution in [0.25, 0.3) is 0 Å². The third kappa shape index (κ3) is 4.98. The molecule has 1 spiro atoms. The zero-order valence-electron chi connectivity index (χ0n) is 17.8. The molecular weight excluding hydrogens is 366 g/mol. The van der Waals surface area contributed by atoms with Gasteiger partial charge in [0, 0.05) is 0 Å². The average Bonchev–Trinajstić information content (AvgIpc) is 2.83. The van der Waals surface area contributed by atoms with E-state index in [-0.39, 0.29) is 24.4 Å². The maximum absolute atomic E-state index is 12.9. The van der Waals surface area contributed by atoms with Gasteiger partial charge >= 0.3 is 6.03 Å². The highest BCUT2D eigenvalue weighted by molar-refractivity contribution is 6.09. The summed E-state index contributed by atoms with van der Waals surface area (Å²) in [4.78, 5) is 38.9. The first-order valence-corrected chi connectivity index (χ1v) is 10.8. The number of imide groups is 1. The van der Waals surface area contributed by atoms with E-state index in [4.69, 9.17) is 0 Å². The van der Waals surface area contributed by atoms with E-state index >= 15 is 0 Å². The zero-order chi connectivity index (χ0) is 21.0. The van der Waals surface area contributed by atoms with E-state index in [1.807, 2.05) is 19.1 Å². The van der Waals surface area contributed by atoms with Crippen molar-refractivity contribution in [3.63, 3.8) is 0 Å². The molecule has 2 N–H and O–H groups in total. The Hall–Kier alpha value is -2.37. The second kappa shape index (κ2) is 8.97. The van der Waals surface area contributed by atoms with Gasteiger partial charge in [-0.3, -0.25) is 14.5 Å². The van der Waals surface area contributed by atoms with Crippen LogP contribution < -0.4 is 10.6 Å². The third-order valence-electron chi connectivity index (χ3n) is 6.01. The van der Waals surface area contributed by atoms with Crippen LogP contribution >= 0.6 is 0 Å². The van der Waals surface area contributed by atoms with Gasteiger partial charge in [0.25, 0.3) is 5.91 Å². The SMILES string of the molecule is CC(C)Cc1ccc([C@@H](C)NC(=O)CN2C(=O)NC3(CCCCCC3)C2=O)cc1. The van der Waals surface area contributed by atoms with Crippen LogP contribution in [0.4, 0.5) is 4.79 Å². The Morgan fingerprint density at radius 3 is 2.28 bits per heavy atom. The molecule has 0 unspecified atom stereocenters. The minimum atomic E-state index is -0.800. The second-order valence-electron chi connectivity index (χ2n) is 8.95. The number of urea groups is 1. The Morgan fingerprint density at radius 2 is 1.69 bits per heavy atom. The van der Waals surface area contributed by atoms with Gasteiger partial charge in [0.15, 0.2) is 0 Å². The van der Waals surface area contributed by atoms with Gasteiger partial charge in [-0.25, -0.2) is 4.79 Å². The van der Waals surface area contributed by atoms with E-state index < -0.39 is 11.6 Å². The summed E-state index contributed by atoms with van der Waals surface area (Å²) in [6.07, 6.45) is 6.36. The summed E-state index contributed by atoms with van der Waals surface area (Å²) in [6, 6.07) is 7.59. The molecule has 1 aliphatic carbocycles. The lowest BCUT2D eigenvalue weighted by atomic mass is 9.90. The zero-order valence-corrected chi connectivity index (χ0v) is 17.8. The molecule has 2 fully saturated rings. The van der Waals surface area contributed by atoms with Crippen LogP contribution in [0.1, 0.15) is 76.5 Å². The van der Waals surface area contributed by atoms with Crippen LogP contribution in [0, 0.1) is 5.92 Å². The summed E-state index contributed by atoms with van der Waals surface area (Å²) in [5, 5.41) is 5.79. The Labute approximate surface area is 173 Å². The number of benzene rings is 1. The van der Waals surface area contributed by atoms with Crippen LogP contribution in [-0.2, 0) is 16.0 Å². The summed E-state index contributed by atoms with van der Waals surface area (Å²) in [7, 11) is 0. The summed E-state index contributed by atoms with van der Waals surface area (Å²) in [6.45, 7) is 6.05. The van der Waals surface area contributed by atoms with Crippen LogP contribution in [-0.4, -0.2) is 34.8 Å². The maximum atomic E-state index is 12.9. The van der Waals surface area contributed by atoms with Crippen molar-refractivity contribution in [2.24, 2.45) is 5.92 Å². The van der Waals surface area contributed by atoms with Gasteiger partial charge in [0.2, 0.25) is 5.91 Å². The van der Waals surface area contributed by atoms with Crippen molar-refractivity contribution in [1.29, 1.82) is 0 Å². The summed E-state index contributed by atoms with van der Waals surface area (Å²) in [5.74, 6) is 0.0297. The third-order valence-corrected chi connectivity index (χ3v) is 6.01. The highest BCUT2D eigenvalue weighted by Crippen LogP contribution is 2.32. The molecular formula is C23H33N3O3. The van der Waals surface area contributed by atoms with Gasteiger partial charge in [-0.15, -0.1) is 0 Å². The molecule has 29 heavy (non-hydrogen) atoms. The van der Waals surface area contributed by atoms with Gasteiger partial charge in [-0.1, -0.05) is 63.8 Å². The molecule has 1 atom stereocenters. The van der Waals surface area contributed by atoms with Crippen LogP contribution in [0.3, 0.4) is 0 Å². The lowest BCUT2D eigenvalue weighted by molar-refractivity contribution is -0.135. The van der Waals surface area contributed by atoms with E-state index in [1.54, 1.807) is 0 Å². The molecule has 1 aliphatic heterocycles. The number of hydrogen-bond acceptors (Lipinski definition) is 3. The molecule has 0 radical (unpaired) electrons. The average molecular weight is 400 g/mol. The number of rotatable bonds is 6. The van der Waals surface area contributed by atoms with Gasteiger partial charge < -0.3 is 10.6 Å². The van der Waals surface area contributed by atoms with Crippen molar-refractivity contribution >= 4 is 17.8 Å². The van der Waals surface area contributed by atoms with Crippen molar-refractivity contribution in [3.8, 4) is 0 Å². The molecule has 0 aromatic heterocycles. The Kier molecular flexibility index (Phi) is 6.60. The van der Waals surface area contributed by atoms with Crippen molar-refractivity contribution < 1.29 is 14.4 Å². The number of carbonyl (C=O) groups excluding carboxylic acids is 3. The van der Waals surface area contributed by atoms with Crippen LogP contribution in [0.15, 0.2) is 24.3 Å². The van der Waals surface area contributed by atoms with E-state index in [2.05, 4.69) is 36.6 Å². The number of carbonyl (C=O) groups is 3. The van der Waals surface area contributed by atoms with E-state index in [0.29, 0.717) is 18.8 Å². The highest BCUT2D eigenvalue weighted by atomic mass is 16.2. The van der Waals surface area contributed by atoms with E-state index in [9.17, 15) is 14.4 Å². The van der Waals surface area contributed by atoms with Crippen LogP contribution in [0.5, 0.6) is 0 Å². The van der Waals surface area contributed by atoms with Crippen molar-refractivity contribution in [2.75, 3.05) is 6.54 Å². The fourth-order valence-electron chi connectivity index (χ4n) is 4.42. The molecule has 0 bridgehead atoms. The number of nitrogens with one attached hydrogen (secondary N) is 2. The molecule has 4 amide bonds. The fraction of sp³-hybridized carbons (Fsp3) is 0.609.